The molecule has 1 saturated heterocycles. The van der Waals surface area contributed by atoms with Crippen LogP contribution >= 0.6 is 8.37 Å². The highest BCUT2D eigenvalue weighted by molar-refractivity contribution is 7.50. The highest BCUT2D eigenvalue weighted by Crippen LogP contribution is 2.43. The van der Waals surface area contributed by atoms with Gasteiger partial charge in [0.05, 0.1) is 0 Å². The Balaban J connectivity index is 2.32. The molecular weight excluding hydrogens is 181 g/mol. The minimum absolute atomic E-state index is 0.227. The lowest BCUT2D eigenvalue weighted by Crippen LogP contribution is -2.49. The molecule has 1 aliphatic rings. The van der Waals surface area contributed by atoms with Crippen LogP contribution in [-0.2, 0) is 0 Å². The zero-order chi connectivity index (χ0) is 10.0. The number of nitrogens with one attached hydrogen (secondary N) is 1. The molecule has 1 unspecified atom stereocenters. The Kier molecular flexibility index (Phi) is 4.11. The average Bonchev–Trinajstić information content (AvgIpc) is 1.93. The topological polar surface area (TPSA) is 18.5 Å². The van der Waals surface area contributed by atoms with E-state index in [0.29, 0.717) is 0 Å². The van der Waals surface area contributed by atoms with Crippen molar-refractivity contribution >= 4 is 8.37 Å². The van der Waals surface area contributed by atoms with Gasteiger partial charge < -0.3 is 0 Å². The molecule has 1 heterocycles. The van der Waals surface area contributed by atoms with E-state index in [0.717, 1.165) is 11.8 Å². The number of hydrogen-bond donors (Lipinski definition) is 1. The third kappa shape index (κ3) is 2.63. The minimum Gasteiger partial charge on any atom is -0.274 e. The predicted molar refractivity (Wildman–Crippen MR) is 59.6 cm³/mol. The third-order valence-electron chi connectivity index (χ3n) is 2.68. The number of rotatable bonds is 4. The molecule has 0 aliphatic carbocycles. The zero-order valence-corrected chi connectivity index (χ0v) is 10.3. The lowest BCUT2D eigenvalue weighted by molar-refractivity contribution is 0.152. The first-order valence-corrected chi connectivity index (χ1v) is 6.20. The Morgan fingerprint density at radius 3 is 2.23 bits per heavy atom. The summed E-state index contributed by atoms with van der Waals surface area (Å²) in [6.45, 7) is 7.17. The molecule has 0 radical (unpaired) electrons. The van der Waals surface area contributed by atoms with Gasteiger partial charge in [0.25, 0.3) is 0 Å². The van der Waals surface area contributed by atoms with Gasteiger partial charge in [-0.1, -0.05) is 13.8 Å². The van der Waals surface area contributed by atoms with Crippen LogP contribution in [-0.4, -0.2) is 43.6 Å². The largest absolute Gasteiger partial charge is 0.274 e. The van der Waals surface area contributed by atoms with Gasteiger partial charge in [-0.3, -0.25) is 14.4 Å². The second kappa shape index (κ2) is 4.70. The maximum atomic E-state index is 3.38. The summed E-state index contributed by atoms with van der Waals surface area (Å²) < 4.78 is 4.83. The Morgan fingerprint density at radius 2 is 1.92 bits per heavy atom. The molecule has 4 heteroatoms. The Morgan fingerprint density at radius 1 is 1.38 bits per heavy atom. The van der Waals surface area contributed by atoms with Crippen molar-refractivity contribution in [2.45, 2.75) is 13.8 Å². The van der Waals surface area contributed by atoms with Crippen LogP contribution < -0.4 is 5.09 Å². The van der Waals surface area contributed by atoms with Gasteiger partial charge in [0.15, 0.2) is 0 Å². The SMILES string of the molecule is CNP(N(C)C)N1CC(C(C)C)C1. The molecule has 0 aromatic rings. The second-order valence-corrected chi connectivity index (χ2v) is 6.63. The van der Waals surface area contributed by atoms with Gasteiger partial charge in [0.1, 0.15) is 8.37 Å². The van der Waals surface area contributed by atoms with Crippen molar-refractivity contribution in [2.75, 3.05) is 34.2 Å². The summed E-state index contributed by atoms with van der Waals surface area (Å²) in [6.07, 6.45) is 0. The highest BCUT2D eigenvalue weighted by Gasteiger charge is 2.34. The van der Waals surface area contributed by atoms with Crippen molar-refractivity contribution < 1.29 is 0 Å². The van der Waals surface area contributed by atoms with Gasteiger partial charge in [-0.25, -0.2) is 0 Å². The monoisotopic (exact) mass is 203 g/mol. The molecule has 13 heavy (non-hydrogen) atoms. The van der Waals surface area contributed by atoms with E-state index in [4.69, 9.17) is 0 Å². The summed E-state index contributed by atoms with van der Waals surface area (Å²) in [6, 6.07) is 0. The first-order chi connectivity index (χ1) is 6.06. The molecule has 0 aromatic carbocycles. The molecule has 0 aromatic heterocycles. The summed E-state index contributed by atoms with van der Waals surface area (Å²) in [5.41, 5.74) is 0. The fourth-order valence-electron chi connectivity index (χ4n) is 1.66. The van der Waals surface area contributed by atoms with Crippen LogP contribution in [0, 0.1) is 11.8 Å². The van der Waals surface area contributed by atoms with E-state index in [1.165, 1.54) is 13.1 Å². The molecule has 0 saturated carbocycles. The van der Waals surface area contributed by atoms with Crippen LogP contribution in [0.25, 0.3) is 0 Å². The van der Waals surface area contributed by atoms with E-state index < -0.39 is 0 Å². The first-order valence-electron chi connectivity index (χ1n) is 4.96. The molecule has 1 fully saturated rings. The summed E-state index contributed by atoms with van der Waals surface area (Å²) in [7, 11) is 6.11. The van der Waals surface area contributed by atoms with Crippen LogP contribution in [0.3, 0.4) is 0 Å². The summed E-state index contributed by atoms with van der Waals surface area (Å²) in [4.78, 5) is 0. The quantitative estimate of drug-likeness (QED) is 0.700. The van der Waals surface area contributed by atoms with E-state index in [1.807, 2.05) is 0 Å². The Hall–Kier alpha value is 0.310. The highest BCUT2D eigenvalue weighted by atomic mass is 31.1. The molecule has 1 aliphatic heterocycles. The van der Waals surface area contributed by atoms with Crippen molar-refractivity contribution in [3.63, 3.8) is 0 Å². The summed E-state index contributed by atoms with van der Waals surface area (Å²) >= 11 is 0. The Bertz CT molecular complexity index is 155. The fraction of sp³-hybridized carbons (Fsp3) is 1.00. The third-order valence-corrected chi connectivity index (χ3v) is 4.70. The maximum Gasteiger partial charge on any atom is 0.116 e. The summed E-state index contributed by atoms with van der Waals surface area (Å²) in [5.74, 6) is 1.76. The van der Waals surface area contributed by atoms with Crippen LogP contribution in [0.5, 0.6) is 0 Å². The lowest BCUT2D eigenvalue weighted by Gasteiger charge is -2.47. The van der Waals surface area contributed by atoms with Crippen molar-refractivity contribution in [1.29, 1.82) is 0 Å². The predicted octanol–water partition coefficient (Wildman–Crippen LogP) is 1.58. The normalized spacial score (nSPS) is 22.4. The van der Waals surface area contributed by atoms with Crippen LogP contribution in [0.15, 0.2) is 0 Å². The van der Waals surface area contributed by atoms with Gasteiger partial charge >= 0.3 is 0 Å². The maximum absolute atomic E-state index is 3.38. The van der Waals surface area contributed by atoms with Crippen LogP contribution in [0.2, 0.25) is 0 Å². The van der Waals surface area contributed by atoms with E-state index >= 15 is 0 Å². The molecular formula is C9H22N3P. The molecule has 1 rings (SSSR count). The second-order valence-electron chi connectivity index (χ2n) is 4.24. The number of hydrogen-bond acceptors (Lipinski definition) is 3. The molecule has 3 nitrogen and oxygen atoms in total. The first kappa shape index (κ1) is 11.4. The van der Waals surface area contributed by atoms with Crippen molar-refractivity contribution in [1.82, 2.24) is 14.4 Å². The molecule has 0 bridgehead atoms. The smallest absolute Gasteiger partial charge is 0.116 e. The molecule has 0 amide bonds. The molecule has 0 spiro atoms. The van der Waals surface area contributed by atoms with E-state index in [1.54, 1.807) is 0 Å². The minimum atomic E-state index is -0.227. The fourth-order valence-corrected chi connectivity index (χ4v) is 3.58. The molecule has 78 valence electrons. The number of nitrogens with zero attached hydrogens (tertiary/aromatic N) is 2. The van der Waals surface area contributed by atoms with E-state index in [-0.39, 0.29) is 8.37 Å². The van der Waals surface area contributed by atoms with Gasteiger partial charge in [0.2, 0.25) is 0 Å². The van der Waals surface area contributed by atoms with Gasteiger partial charge in [-0.05, 0) is 33.0 Å². The van der Waals surface area contributed by atoms with E-state index in [9.17, 15) is 0 Å². The average molecular weight is 203 g/mol. The van der Waals surface area contributed by atoms with Crippen molar-refractivity contribution in [3.05, 3.63) is 0 Å². The molecule has 1 atom stereocenters. The van der Waals surface area contributed by atoms with E-state index in [2.05, 4.69) is 49.4 Å². The lowest BCUT2D eigenvalue weighted by atomic mass is 9.91. The van der Waals surface area contributed by atoms with Crippen molar-refractivity contribution in [3.8, 4) is 0 Å². The molecule has 1 N–H and O–H groups in total. The van der Waals surface area contributed by atoms with Crippen LogP contribution in [0.4, 0.5) is 0 Å². The van der Waals surface area contributed by atoms with Crippen molar-refractivity contribution in [2.24, 2.45) is 11.8 Å². The van der Waals surface area contributed by atoms with Crippen LogP contribution in [0.1, 0.15) is 13.8 Å². The standard InChI is InChI=1S/C9H22N3P/c1-8(2)9-6-12(7-9)13(10-3)11(4)5/h8-10H,6-7H2,1-5H3. The summed E-state index contributed by atoms with van der Waals surface area (Å²) in [5, 5.41) is 3.38. The Labute approximate surface area is 83.4 Å². The zero-order valence-electron chi connectivity index (χ0n) is 9.41. The van der Waals surface area contributed by atoms with Gasteiger partial charge in [0, 0.05) is 13.1 Å². The van der Waals surface area contributed by atoms with Gasteiger partial charge in [-0.15, -0.1) is 0 Å². The van der Waals surface area contributed by atoms with Gasteiger partial charge in [-0.2, -0.15) is 0 Å².